The second-order valence-corrected chi connectivity index (χ2v) is 3.75. The van der Waals surface area contributed by atoms with Crippen molar-refractivity contribution in [1.82, 2.24) is 9.88 Å². The summed E-state index contributed by atoms with van der Waals surface area (Å²) in [5, 5.41) is 5.13. The van der Waals surface area contributed by atoms with E-state index in [1.165, 1.54) is 10.9 Å². The molecule has 3 heteroatoms. The van der Waals surface area contributed by atoms with Crippen LogP contribution in [0.2, 0.25) is 5.02 Å². The summed E-state index contributed by atoms with van der Waals surface area (Å²) in [7, 11) is 1.96. The predicted octanol–water partition coefficient (Wildman–Crippen LogP) is 2.51. The smallest absolute Gasteiger partial charge is 0.0481 e. The van der Waals surface area contributed by atoms with Gasteiger partial charge in [-0.1, -0.05) is 11.6 Å². The number of fused-ring (bicyclic) bond motifs is 1. The SMILES string of the molecule is CNCCn1ccc2cc(Cl)ccc21. The molecule has 0 fully saturated rings. The van der Waals surface area contributed by atoms with Crippen LogP contribution in [0, 0.1) is 0 Å². The number of hydrogen-bond acceptors (Lipinski definition) is 1. The highest BCUT2D eigenvalue weighted by Gasteiger charge is 2.00. The fourth-order valence-electron chi connectivity index (χ4n) is 1.60. The zero-order chi connectivity index (χ0) is 9.97. The Hall–Kier alpha value is -0.990. The van der Waals surface area contributed by atoms with Crippen LogP contribution >= 0.6 is 11.6 Å². The molecule has 74 valence electrons. The highest BCUT2D eigenvalue weighted by Crippen LogP contribution is 2.20. The van der Waals surface area contributed by atoms with Gasteiger partial charge in [0.25, 0.3) is 0 Å². The summed E-state index contributed by atoms with van der Waals surface area (Å²) in [6.45, 7) is 1.97. The maximum Gasteiger partial charge on any atom is 0.0481 e. The van der Waals surface area contributed by atoms with E-state index in [1.807, 2.05) is 19.2 Å². The maximum absolute atomic E-state index is 5.91. The first kappa shape index (κ1) is 9.56. The van der Waals surface area contributed by atoms with Gasteiger partial charge in [-0.15, -0.1) is 0 Å². The molecule has 1 aromatic heterocycles. The lowest BCUT2D eigenvalue weighted by Gasteiger charge is -2.04. The van der Waals surface area contributed by atoms with Crippen LogP contribution in [0.15, 0.2) is 30.5 Å². The van der Waals surface area contributed by atoms with Crippen molar-refractivity contribution in [1.29, 1.82) is 0 Å². The van der Waals surface area contributed by atoms with Crippen LogP contribution in [0.25, 0.3) is 10.9 Å². The van der Waals surface area contributed by atoms with Crippen LogP contribution in [0.1, 0.15) is 0 Å². The first-order chi connectivity index (χ1) is 6.81. The molecule has 14 heavy (non-hydrogen) atoms. The summed E-state index contributed by atoms with van der Waals surface area (Å²) in [6, 6.07) is 8.08. The van der Waals surface area contributed by atoms with Crippen molar-refractivity contribution < 1.29 is 0 Å². The summed E-state index contributed by atoms with van der Waals surface area (Å²) in [5.74, 6) is 0. The Morgan fingerprint density at radius 1 is 1.36 bits per heavy atom. The molecule has 0 atom stereocenters. The van der Waals surface area contributed by atoms with Gasteiger partial charge < -0.3 is 9.88 Å². The minimum atomic E-state index is 0.795. The molecule has 2 nitrogen and oxygen atoms in total. The largest absolute Gasteiger partial charge is 0.346 e. The van der Waals surface area contributed by atoms with Crippen LogP contribution in [0.5, 0.6) is 0 Å². The fraction of sp³-hybridized carbons (Fsp3) is 0.273. The van der Waals surface area contributed by atoms with Crippen molar-refractivity contribution >= 4 is 22.5 Å². The van der Waals surface area contributed by atoms with Crippen LogP contribution in [-0.4, -0.2) is 18.2 Å². The molecule has 0 saturated heterocycles. The second kappa shape index (κ2) is 4.03. The van der Waals surface area contributed by atoms with Crippen molar-refractivity contribution in [2.45, 2.75) is 6.54 Å². The monoisotopic (exact) mass is 208 g/mol. The van der Waals surface area contributed by atoms with Crippen molar-refractivity contribution in [3.05, 3.63) is 35.5 Å². The molecule has 0 aliphatic rings. The van der Waals surface area contributed by atoms with E-state index >= 15 is 0 Å². The van der Waals surface area contributed by atoms with Gasteiger partial charge in [0.2, 0.25) is 0 Å². The predicted molar refractivity (Wildman–Crippen MR) is 60.9 cm³/mol. The molecule has 0 radical (unpaired) electrons. The number of hydrogen-bond donors (Lipinski definition) is 1. The number of nitrogens with one attached hydrogen (secondary N) is 1. The van der Waals surface area contributed by atoms with E-state index in [2.05, 4.69) is 28.2 Å². The van der Waals surface area contributed by atoms with Crippen molar-refractivity contribution in [3.8, 4) is 0 Å². The van der Waals surface area contributed by atoms with Gasteiger partial charge >= 0.3 is 0 Å². The van der Waals surface area contributed by atoms with Gasteiger partial charge in [-0.3, -0.25) is 0 Å². The quantitative estimate of drug-likeness (QED) is 0.820. The molecular weight excluding hydrogens is 196 g/mol. The highest BCUT2D eigenvalue weighted by molar-refractivity contribution is 6.31. The molecule has 0 bridgehead atoms. The first-order valence-corrected chi connectivity index (χ1v) is 5.08. The van der Waals surface area contributed by atoms with Gasteiger partial charge in [0.05, 0.1) is 0 Å². The van der Waals surface area contributed by atoms with E-state index in [4.69, 9.17) is 11.6 Å². The average molecular weight is 209 g/mol. The third-order valence-electron chi connectivity index (χ3n) is 2.34. The minimum absolute atomic E-state index is 0.795. The number of benzene rings is 1. The van der Waals surface area contributed by atoms with Crippen LogP contribution in [-0.2, 0) is 6.54 Å². The van der Waals surface area contributed by atoms with Crippen LogP contribution in [0.4, 0.5) is 0 Å². The topological polar surface area (TPSA) is 17.0 Å². The zero-order valence-electron chi connectivity index (χ0n) is 8.13. The second-order valence-electron chi connectivity index (χ2n) is 3.32. The fourth-order valence-corrected chi connectivity index (χ4v) is 1.78. The Morgan fingerprint density at radius 3 is 3.00 bits per heavy atom. The van der Waals surface area contributed by atoms with E-state index < -0.39 is 0 Å². The molecule has 0 amide bonds. The van der Waals surface area contributed by atoms with E-state index in [9.17, 15) is 0 Å². The van der Waals surface area contributed by atoms with Gasteiger partial charge in [0.1, 0.15) is 0 Å². The molecule has 2 aromatic rings. The Morgan fingerprint density at radius 2 is 2.21 bits per heavy atom. The molecule has 1 aromatic carbocycles. The third kappa shape index (κ3) is 1.76. The number of halogens is 1. The van der Waals surface area contributed by atoms with Crippen molar-refractivity contribution in [2.75, 3.05) is 13.6 Å². The molecule has 2 rings (SSSR count). The maximum atomic E-state index is 5.91. The Bertz CT molecular complexity index is 434. The van der Waals surface area contributed by atoms with Crippen LogP contribution in [0.3, 0.4) is 0 Å². The summed E-state index contributed by atoms with van der Waals surface area (Å²) < 4.78 is 2.22. The lowest BCUT2D eigenvalue weighted by Crippen LogP contribution is -2.14. The van der Waals surface area contributed by atoms with Gasteiger partial charge in [-0.05, 0) is 31.3 Å². The Balaban J connectivity index is 2.37. The van der Waals surface area contributed by atoms with Crippen LogP contribution < -0.4 is 5.32 Å². The number of aromatic nitrogens is 1. The summed E-state index contributed by atoms with van der Waals surface area (Å²) in [6.07, 6.45) is 2.10. The molecular formula is C11H13ClN2. The van der Waals surface area contributed by atoms with Gasteiger partial charge in [0.15, 0.2) is 0 Å². The van der Waals surface area contributed by atoms with Crippen molar-refractivity contribution in [3.63, 3.8) is 0 Å². The number of likely N-dealkylation sites (N-methyl/N-ethyl adjacent to an activating group) is 1. The Labute approximate surface area is 88.5 Å². The van der Waals surface area contributed by atoms with Gasteiger partial charge in [0, 0.05) is 35.2 Å². The number of nitrogens with zero attached hydrogens (tertiary/aromatic N) is 1. The van der Waals surface area contributed by atoms with E-state index in [0.29, 0.717) is 0 Å². The Kier molecular flexibility index (Phi) is 2.75. The minimum Gasteiger partial charge on any atom is -0.346 e. The van der Waals surface area contributed by atoms with Gasteiger partial charge in [-0.25, -0.2) is 0 Å². The molecule has 0 spiro atoms. The third-order valence-corrected chi connectivity index (χ3v) is 2.57. The molecule has 0 aliphatic heterocycles. The molecule has 1 N–H and O–H groups in total. The standard InChI is InChI=1S/C11H13ClN2/c1-13-5-7-14-6-4-9-8-10(12)2-3-11(9)14/h2-4,6,8,13H,5,7H2,1H3. The summed E-state index contributed by atoms with van der Waals surface area (Å²) in [4.78, 5) is 0. The normalized spacial score (nSPS) is 11.0. The van der Waals surface area contributed by atoms with E-state index in [0.717, 1.165) is 18.1 Å². The molecule has 0 saturated carbocycles. The number of rotatable bonds is 3. The lowest BCUT2D eigenvalue weighted by molar-refractivity contribution is 0.662. The molecule has 1 heterocycles. The average Bonchev–Trinajstić information content (AvgIpc) is 2.57. The van der Waals surface area contributed by atoms with Gasteiger partial charge in [-0.2, -0.15) is 0 Å². The van der Waals surface area contributed by atoms with E-state index in [-0.39, 0.29) is 0 Å². The van der Waals surface area contributed by atoms with Crippen molar-refractivity contribution in [2.24, 2.45) is 0 Å². The lowest BCUT2D eigenvalue weighted by atomic mass is 10.2. The zero-order valence-corrected chi connectivity index (χ0v) is 8.88. The highest BCUT2D eigenvalue weighted by atomic mass is 35.5. The summed E-state index contributed by atoms with van der Waals surface area (Å²) in [5.41, 5.74) is 1.24. The molecule has 0 aliphatic carbocycles. The first-order valence-electron chi connectivity index (χ1n) is 4.70. The summed E-state index contributed by atoms with van der Waals surface area (Å²) >= 11 is 5.91. The molecule has 0 unspecified atom stereocenters. The van der Waals surface area contributed by atoms with E-state index in [1.54, 1.807) is 0 Å².